The molecule has 0 atom stereocenters. The first-order valence-electron chi connectivity index (χ1n) is 19.6. The Morgan fingerprint density at radius 1 is 0.345 bits per heavy atom. The number of thiophene rings is 1. The lowest BCUT2D eigenvalue weighted by atomic mass is 9.98. The molecule has 12 rings (SSSR count). The quantitative estimate of drug-likeness (QED) is 0.169. The van der Waals surface area contributed by atoms with E-state index < -0.39 is 0 Å². The Kier molecular flexibility index (Phi) is 7.40. The zero-order valence-corrected chi connectivity index (χ0v) is 32.0. The molecule has 0 fully saturated rings. The van der Waals surface area contributed by atoms with Crippen molar-refractivity contribution in [1.82, 2.24) is 0 Å². The maximum absolute atomic E-state index is 6.52. The van der Waals surface area contributed by atoms with Crippen LogP contribution in [0.1, 0.15) is 0 Å². The third-order valence-electron chi connectivity index (χ3n) is 11.5. The fourth-order valence-corrected chi connectivity index (χ4v) is 10.0. The molecule has 0 N–H and O–H groups in total. The number of furan rings is 2. The minimum Gasteiger partial charge on any atom is -0.456 e. The average Bonchev–Trinajstić information content (AvgIpc) is 3.99. The van der Waals surface area contributed by atoms with Crippen LogP contribution in [0.15, 0.2) is 209 Å². The van der Waals surface area contributed by atoms with Gasteiger partial charge in [0.2, 0.25) is 0 Å². The van der Waals surface area contributed by atoms with Gasteiger partial charge in [0.1, 0.15) is 22.3 Å². The van der Waals surface area contributed by atoms with Crippen molar-refractivity contribution in [3.63, 3.8) is 0 Å². The Morgan fingerprint density at radius 2 is 0.914 bits per heavy atom. The SMILES string of the molecule is c1ccc(-c2cccc(-c3ccc(N(c4ccc(-c5cccc6oc7ccc8c9ccccc9sc8c7c56)cc4)c4cccc5oc6ccccc6c45)cc3)c2)cc1. The highest BCUT2D eigenvalue weighted by Gasteiger charge is 2.21. The zero-order chi connectivity index (χ0) is 38.2. The van der Waals surface area contributed by atoms with Crippen LogP contribution in [0.3, 0.4) is 0 Å². The van der Waals surface area contributed by atoms with Crippen molar-refractivity contribution in [2.45, 2.75) is 0 Å². The Labute approximate surface area is 338 Å². The minimum atomic E-state index is 0.862. The van der Waals surface area contributed by atoms with Crippen molar-refractivity contribution in [2.24, 2.45) is 0 Å². The van der Waals surface area contributed by atoms with Gasteiger partial charge in [0.05, 0.1) is 11.1 Å². The van der Waals surface area contributed by atoms with Gasteiger partial charge in [-0.15, -0.1) is 11.3 Å². The second-order valence-electron chi connectivity index (χ2n) is 14.8. The minimum absolute atomic E-state index is 0.862. The molecule has 3 heterocycles. The van der Waals surface area contributed by atoms with Crippen LogP contribution in [0.4, 0.5) is 17.1 Å². The number of hydrogen-bond acceptors (Lipinski definition) is 4. The molecule has 0 radical (unpaired) electrons. The van der Waals surface area contributed by atoms with Crippen molar-refractivity contribution >= 4 is 92.4 Å². The largest absolute Gasteiger partial charge is 0.456 e. The van der Waals surface area contributed by atoms with Crippen LogP contribution in [-0.2, 0) is 0 Å². The van der Waals surface area contributed by atoms with E-state index in [4.69, 9.17) is 8.83 Å². The molecule has 3 nitrogen and oxygen atoms in total. The molecule has 0 bridgehead atoms. The lowest BCUT2D eigenvalue weighted by molar-refractivity contribution is 0.668. The van der Waals surface area contributed by atoms with Crippen molar-refractivity contribution in [3.05, 3.63) is 200 Å². The van der Waals surface area contributed by atoms with Gasteiger partial charge in [-0.3, -0.25) is 0 Å². The van der Waals surface area contributed by atoms with Crippen molar-refractivity contribution < 1.29 is 8.83 Å². The first-order chi connectivity index (χ1) is 28.7. The van der Waals surface area contributed by atoms with E-state index in [1.807, 2.05) is 23.5 Å². The summed E-state index contributed by atoms with van der Waals surface area (Å²) in [6.45, 7) is 0. The van der Waals surface area contributed by atoms with Gasteiger partial charge in [-0.2, -0.15) is 0 Å². The molecule has 0 unspecified atom stereocenters. The van der Waals surface area contributed by atoms with E-state index in [1.165, 1.54) is 42.2 Å². The molecule has 3 aromatic heterocycles. The number of para-hydroxylation sites is 1. The van der Waals surface area contributed by atoms with E-state index in [1.54, 1.807) is 0 Å². The summed E-state index contributed by atoms with van der Waals surface area (Å²) in [6.07, 6.45) is 0. The van der Waals surface area contributed by atoms with Gasteiger partial charge in [0.15, 0.2) is 0 Å². The number of rotatable bonds is 6. The van der Waals surface area contributed by atoms with Crippen LogP contribution in [0.2, 0.25) is 0 Å². The molecule has 12 aromatic rings. The van der Waals surface area contributed by atoms with E-state index in [2.05, 4.69) is 193 Å². The molecule has 9 aromatic carbocycles. The van der Waals surface area contributed by atoms with Crippen molar-refractivity contribution in [3.8, 4) is 33.4 Å². The van der Waals surface area contributed by atoms with Gasteiger partial charge >= 0.3 is 0 Å². The average molecular weight is 760 g/mol. The maximum atomic E-state index is 6.52. The van der Waals surface area contributed by atoms with E-state index in [0.29, 0.717) is 0 Å². The van der Waals surface area contributed by atoms with Gasteiger partial charge in [-0.1, -0.05) is 127 Å². The Bertz CT molecular complexity index is 3500. The van der Waals surface area contributed by atoms with Crippen LogP contribution in [-0.4, -0.2) is 0 Å². The van der Waals surface area contributed by atoms with Crippen molar-refractivity contribution in [1.29, 1.82) is 0 Å². The fourth-order valence-electron chi connectivity index (χ4n) is 8.80. The molecule has 0 amide bonds. The normalized spacial score (nSPS) is 11.8. The predicted octanol–water partition coefficient (Wildman–Crippen LogP) is 16.3. The third kappa shape index (κ3) is 5.19. The summed E-state index contributed by atoms with van der Waals surface area (Å²) in [4.78, 5) is 2.35. The summed E-state index contributed by atoms with van der Waals surface area (Å²) in [7, 11) is 0. The molecule has 58 heavy (non-hydrogen) atoms. The third-order valence-corrected chi connectivity index (χ3v) is 12.7. The Hall–Kier alpha value is -7.40. The summed E-state index contributed by atoms with van der Waals surface area (Å²) in [5.74, 6) is 0. The molecule has 0 saturated carbocycles. The van der Waals surface area contributed by atoms with Crippen LogP contribution in [0.25, 0.3) is 97.4 Å². The molecule has 4 heteroatoms. The fraction of sp³-hybridized carbons (Fsp3) is 0. The summed E-state index contributed by atoms with van der Waals surface area (Å²) in [6, 6.07) is 71.3. The van der Waals surface area contributed by atoms with Gasteiger partial charge in [0.25, 0.3) is 0 Å². The first-order valence-corrected chi connectivity index (χ1v) is 20.4. The molecule has 0 aliphatic rings. The topological polar surface area (TPSA) is 29.5 Å². The van der Waals surface area contributed by atoms with Crippen LogP contribution >= 0.6 is 11.3 Å². The molecule has 0 aliphatic heterocycles. The van der Waals surface area contributed by atoms with E-state index in [-0.39, 0.29) is 0 Å². The highest BCUT2D eigenvalue weighted by molar-refractivity contribution is 7.26. The monoisotopic (exact) mass is 759 g/mol. The van der Waals surface area contributed by atoms with E-state index >= 15 is 0 Å². The smallest absolute Gasteiger partial charge is 0.137 e. The molecule has 272 valence electrons. The first kappa shape index (κ1) is 32.8. The lowest BCUT2D eigenvalue weighted by Crippen LogP contribution is -2.10. The number of anilines is 3. The van der Waals surface area contributed by atoms with Crippen LogP contribution < -0.4 is 4.90 Å². The second kappa shape index (κ2) is 13.1. The summed E-state index contributed by atoms with van der Waals surface area (Å²) in [5, 5.41) is 7.07. The zero-order valence-electron chi connectivity index (χ0n) is 31.2. The number of benzene rings is 9. The highest BCUT2D eigenvalue weighted by atomic mass is 32.1. The predicted molar refractivity (Wildman–Crippen MR) is 245 cm³/mol. The summed E-state index contributed by atoms with van der Waals surface area (Å²) in [5.41, 5.74) is 13.8. The van der Waals surface area contributed by atoms with Gasteiger partial charge < -0.3 is 13.7 Å². The Balaban J connectivity index is 1.00. The Morgan fingerprint density at radius 3 is 1.71 bits per heavy atom. The van der Waals surface area contributed by atoms with Crippen LogP contribution in [0, 0.1) is 0 Å². The van der Waals surface area contributed by atoms with Gasteiger partial charge in [-0.05, 0) is 106 Å². The number of nitrogens with zero attached hydrogens (tertiary/aromatic N) is 1. The molecular formula is C54H33NO2S. The number of fused-ring (bicyclic) bond motifs is 10. The van der Waals surface area contributed by atoms with Gasteiger partial charge in [0, 0.05) is 47.7 Å². The number of hydrogen-bond donors (Lipinski definition) is 0. The summed E-state index contributed by atoms with van der Waals surface area (Å²) < 4.78 is 15.5. The molecule has 0 aliphatic carbocycles. The molecular weight excluding hydrogens is 727 g/mol. The standard InChI is InChI=1S/C54H33NO2S/c1-2-11-34(12-3-1)37-13-8-14-38(33-37)35-23-27-39(28-24-35)55(45-18-10-21-47-51(45)44-16-4-6-19-46(44)56-47)40-29-25-36(26-30-40)41-17-9-20-48-52(41)53-49(57-48)32-31-43-42-15-5-7-22-50(42)58-54(43)53/h1-33H. The van der Waals surface area contributed by atoms with Crippen molar-refractivity contribution in [2.75, 3.05) is 4.90 Å². The highest BCUT2D eigenvalue weighted by Crippen LogP contribution is 2.47. The maximum Gasteiger partial charge on any atom is 0.137 e. The second-order valence-corrected chi connectivity index (χ2v) is 15.9. The van der Waals surface area contributed by atoms with Gasteiger partial charge in [-0.25, -0.2) is 0 Å². The van der Waals surface area contributed by atoms with E-state index in [0.717, 1.165) is 72.2 Å². The van der Waals surface area contributed by atoms with Crippen LogP contribution in [0.5, 0.6) is 0 Å². The van der Waals surface area contributed by atoms with E-state index in [9.17, 15) is 0 Å². The lowest BCUT2D eigenvalue weighted by Gasteiger charge is -2.26. The summed E-state index contributed by atoms with van der Waals surface area (Å²) >= 11 is 1.84. The molecule has 0 saturated heterocycles. The molecule has 0 spiro atoms.